The summed E-state index contributed by atoms with van der Waals surface area (Å²) in [5.41, 5.74) is 0. The fraction of sp³-hybridized carbons (Fsp3) is 0.542. The number of phosphoric ester groups is 1. The molecule has 0 aliphatic rings. The minimum absolute atomic E-state index is 0.0360. The van der Waals surface area contributed by atoms with E-state index in [1.54, 1.807) is 24.3 Å². The third-order valence-corrected chi connectivity index (χ3v) is 9.16. The lowest BCUT2D eigenvalue weighted by atomic mass is 10.1. The van der Waals surface area contributed by atoms with Crippen LogP contribution in [0.3, 0.4) is 0 Å². The van der Waals surface area contributed by atoms with E-state index in [9.17, 15) is 29.3 Å². The van der Waals surface area contributed by atoms with E-state index in [1.807, 2.05) is 12.2 Å². The highest BCUT2D eigenvalue weighted by atomic mass is 31.2. The Balaban J connectivity index is 4.59. The number of carbonyl (C=O) groups excluding carboxylic acids is 2. The molecule has 0 saturated carbocycles. The molecule has 2 unspecified atom stereocenters. The molecule has 0 bridgehead atoms. The number of hydrogen-bond acceptors (Lipinski definition) is 10. The fourth-order valence-electron chi connectivity index (χ4n) is 4.92. The lowest BCUT2D eigenvalue weighted by Gasteiger charge is -2.20. The molecule has 0 aliphatic heterocycles. The van der Waals surface area contributed by atoms with Crippen LogP contribution in [0.15, 0.2) is 122 Å². The van der Waals surface area contributed by atoms with E-state index in [-0.39, 0.29) is 12.8 Å². The Bertz CT molecular complexity index is 1420. The molecule has 0 spiro atoms. The van der Waals surface area contributed by atoms with E-state index in [2.05, 4.69) is 103 Å². The van der Waals surface area contributed by atoms with Crippen molar-refractivity contribution in [3.8, 4) is 0 Å². The van der Waals surface area contributed by atoms with Gasteiger partial charge in [-0.05, 0) is 83.5 Å². The number of aliphatic hydroxyl groups excluding tert-OH is 3. The number of hydrogen-bond donors (Lipinski definition) is 4. The first-order valence-electron chi connectivity index (χ1n) is 21.6. The summed E-state index contributed by atoms with van der Waals surface area (Å²) >= 11 is 0. The summed E-state index contributed by atoms with van der Waals surface area (Å²) in [5.74, 6) is -1.15. The highest BCUT2D eigenvalue weighted by molar-refractivity contribution is 7.47. The minimum Gasteiger partial charge on any atom is -0.462 e. The first-order valence-corrected chi connectivity index (χ1v) is 23.1. The lowest BCUT2D eigenvalue weighted by Crippen LogP contribution is -2.29. The SMILES string of the molecule is CC/C=C\C/C=C\C/C=C\C/C=C\C=C/C(O)C/C=C\CCC(=O)O[C@H](COC(=O)CCCCCC/C=C\C/C=C\C/C=C\C/C=C\CC)COP(=O)(O)OC[C@@H](O)CO. The maximum Gasteiger partial charge on any atom is 0.472 e. The summed E-state index contributed by atoms with van der Waals surface area (Å²) in [5, 5.41) is 28.5. The average Bonchev–Trinajstić information content (AvgIpc) is 3.23. The molecule has 0 aromatic rings. The van der Waals surface area contributed by atoms with Crippen LogP contribution in [-0.2, 0) is 32.7 Å². The van der Waals surface area contributed by atoms with Gasteiger partial charge in [0, 0.05) is 12.8 Å². The highest BCUT2D eigenvalue weighted by Gasteiger charge is 2.27. The molecule has 4 atom stereocenters. The molecule has 0 radical (unpaired) electrons. The Morgan fingerprint density at radius 3 is 1.67 bits per heavy atom. The standard InChI is InChI=1S/C48H75O11P/c1-3-5-7-9-11-13-15-17-18-19-20-22-24-26-28-30-34-38-47(52)56-42-46(43-58-60(54,55)57-41-45(51)40-49)59-48(53)39-35-31-33-37-44(50)36-32-29-27-25-23-21-16-14-12-10-8-6-4-2/h5-8,11-14,17-18,20-23,27,29,31-33,36,44-46,49-51H,3-4,9-10,15-16,19,24-26,28,30,34-35,37-43H2,1-2H3,(H,54,55)/b7-5-,8-6-,13-11-,14-12-,18-17-,22-20-,23-21-,29-27-,33-31-,36-32-/t44?,45-,46+/m0/s1. The number of phosphoric acid groups is 1. The van der Waals surface area contributed by atoms with Crippen molar-refractivity contribution in [1.82, 2.24) is 0 Å². The van der Waals surface area contributed by atoms with Crippen molar-refractivity contribution in [2.45, 2.75) is 141 Å². The first-order chi connectivity index (χ1) is 29.1. The molecule has 0 saturated heterocycles. The molecule has 0 amide bonds. The third-order valence-electron chi connectivity index (χ3n) is 8.21. The van der Waals surface area contributed by atoms with E-state index >= 15 is 0 Å². The Labute approximate surface area is 360 Å². The van der Waals surface area contributed by atoms with Crippen LogP contribution in [0.25, 0.3) is 0 Å². The monoisotopic (exact) mass is 859 g/mol. The number of aliphatic hydroxyl groups is 3. The van der Waals surface area contributed by atoms with Gasteiger partial charge >= 0.3 is 19.8 Å². The van der Waals surface area contributed by atoms with Gasteiger partial charge in [0.1, 0.15) is 12.7 Å². The molecule has 0 aromatic carbocycles. The number of allylic oxidation sites excluding steroid dienone is 18. The smallest absolute Gasteiger partial charge is 0.462 e. The molecular weight excluding hydrogens is 783 g/mol. The second kappa shape index (κ2) is 42.0. The maximum atomic E-state index is 12.6. The van der Waals surface area contributed by atoms with Gasteiger partial charge in [-0.15, -0.1) is 0 Å². The van der Waals surface area contributed by atoms with E-state index in [4.69, 9.17) is 19.1 Å². The molecule has 338 valence electrons. The van der Waals surface area contributed by atoms with Gasteiger partial charge in [0.2, 0.25) is 0 Å². The van der Waals surface area contributed by atoms with Crippen molar-refractivity contribution in [2.75, 3.05) is 26.4 Å². The molecule has 0 aliphatic carbocycles. The van der Waals surface area contributed by atoms with Crippen LogP contribution in [0.5, 0.6) is 0 Å². The topological polar surface area (TPSA) is 169 Å². The molecule has 0 rings (SSSR count). The van der Waals surface area contributed by atoms with Crippen molar-refractivity contribution in [2.24, 2.45) is 0 Å². The van der Waals surface area contributed by atoms with Crippen LogP contribution in [0, 0.1) is 0 Å². The van der Waals surface area contributed by atoms with Crippen molar-refractivity contribution in [1.29, 1.82) is 0 Å². The quantitative estimate of drug-likeness (QED) is 0.0153. The van der Waals surface area contributed by atoms with E-state index < -0.39 is 64.5 Å². The molecule has 0 aromatic heterocycles. The highest BCUT2D eigenvalue weighted by Crippen LogP contribution is 2.43. The van der Waals surface area contributed by atoms with Gasteiger partial charge in [-0.25, -0.2) is 4.57 Å². The maximum absolute atomic E-state index is 12.6. The average molecular weight is 859 g/mol. The molecular formula is C48H75O11P. The van der Waals surface area contributed by atoms with Gasteiger partial charge in [0.05, 0.1) is 25.9 Å². The zero-order valence-corrected chi connectivity index (χ0v) is 37.1. The van der Waals surface area contributed by atoms with Crippen LogP contribution in [0.4, 0.5) is 0 Å². The van der Waals surface area contributed by atoms with Crippen LogP contribution in [0.2, 0.25) is 0 Å². The van der Waals surface area contributed by atoms with E-state index in [0.29, 0.717) is 19.3 Å². The summed E-state index contributed by atoms with van der Waals surface area (Å²) in [4.78, 5) is 35.0. The largest absolute Gasteiger partial charge is 0.472 e. The van der Waals surface area contributed by atoms with Gasteiger partial charge in [-0.1, -0.05) is 148 Å². The number of rotatable bonds is 38. The summed E-state index contributed by atoms with van der Waals surface area (Å²) in [6, 6.07) is 0. The summed E-state index contributed by atoms with van der Waals surface area (Å²) < 4.78 is 32.5. The number of ether oxygens (including phenoxy) is 2. The van der Waals surface area contributed by atoms with Gasteiger partial charge in [-0.2, -0.15) is 0 Å². The van der Waals surface area contributed by atoms with Gasteiger partial charge < -0.3 is 29.7 Å². The molecule has 11 nitrogen and oxygen atoms in total. The summed E-state index contributed by atoms with van der Waals surface area (Å²) in [7, 11) is -4.68. The Morgan fingerprint density at radius 1 is 0.567 bits per heavy atom. The second-order valence-electron chi connectivity index (χ2n) is 13.8. The van der Waals surface area contributed by atoms with E-state index in [0.717, 1.165) is 77.0 Å². The fourth-order valence-corrected chi connectivity index (χ4v) is 5.71. The minimum atomic E-state index is -4.68. The molecule has 0 heterocycles. The van der Waals surface area contributed by atoms with Gasteiger partial charge in [-0.3, -0.25) is 18.6 Å². The second-order valence-corrected chi connectivity index (χ2v) is 15.3. The van der Waals surface area contributed by atoms with Crippen LogP contribution >= 0.6 is 7.82 Å². The van der Waals surface area contributed by atoms with Crippen molar-refractivity contribution < 1.29 is 52.9 Å². The van der Waals surface area contributed by atoms with Gasteiger partial charge in [0.25, 0.3) is 0 Å². The van der Waals surface area contributed by atoms with Crippen molar-refractivity contribution >= 4 is 19.8 Å². The Kier molecular flexibility index (Phi) is 39.5. The molecule has 4 N–H and O–H groups in total. The number of esters is 2. The Hall–Kier alpha value is -3.67. The van der Waals surface area contributed by atoms with E-state index in [1.165, 1.54) is 0 Å². The van der Waals surface area contributed by atoms with Crippen LogP contribution in [-0.4, -0.2) is 76.9 Å². The lowest BCUT2D eigenvalue weighted by molar-refractivity contribution is -0.161. The Morgan fingerprint density at radius 2 is 1.08 bits per heavy atom. The number of unbranched alkanes of at least 4 members (excludes halogenated alkanes) is 4. The zero-order valence-electron chi connectivity index (χ0n) is 36.2. The van der Waals surface area contributed by atoms with Crippen molar-refractivity contribution in [3.63, 3.8) is 0 Å². The van der Waals surface area contributed by atoms with Crippen LogP contribution < -0.4 is 0 Å². The molecule has 12 heteroatoms. The van der Waals surface area contributed by atoms with Crippen molar-refractivity contribution in [3.05, 3.63) is 122 Å². The molecule has 0 fully saturated rings. The summed E-state index contributed by atoms with van der Waals surface area (Å²) in [6.07, 6.45) is 50.5. The number of carbonyl (C=O) groups is 2. The zero-order chi connectivity index (χ0) is 44.2. The summed E-state index contributed by atoms with van der Waals surface area (Å²) in [6.45, 7) is 1.88. The predicted molar refractivity (Wildman–Crippen MR) is 243 cm³/mol. The van der Waals surface area contributed by atoms with Gasteiger partial charge in [0.15, 0.2) is 6.10 Å². The molecule has 60 heavy (non-hydrogen) atoms. The first kappa shape index (κ1) is 56.3. The van der Waals surface area contributed by atoms with Crippen LogP contribution in [0.1, 0.15) is 123 Å². The third kappa shape index (κ3) is 41.1. The normalized spacial score (nSPS) is 15.5. The predicted octanol–water partition coefficient (Wildman–Crippen LogP) is 10.5.